The molecule has 15 heavy (non-hydrogen) atoms. The van der Waals surface area contributed by atoms with Crippen molar-refractivity contribution in [3.8, 4) is 0 Å². The second-order valence-corrected chi connectivity index (χ2v) is 5.27. The molecule has 0 radical (unpaired) electrons. The number of hydrogen-bond donors (Lipinski definition) is 0. The minimum absolute atomic E-state index is 0.0782. The molecule has 0 saturated heterocycles. The maximum Gasteiger partial charge on any atom is 0.0488 e. The van der Waals surface area contributed by atoms with Gasteiger partial charge in [0.05, 0.1) is 0 Å². The van der Waals surface area contributed by atoms with Gasteiger partial charge in [-0.2, -0.15) is 0 Å². The van der Waals surface area contributed by atoms with Crippen LogP contribution in [0.5, 0.6) is 0 Å². The SMILES string of the molecule is CCCC(CCl)(CCl)CCOCC(C)C. The minimum atomic E-state index is 0.0782. The molecule has 0 aromatic heterocycles. The van der Waals surface area contributed by atoms with Crippen molar-refractivity contribution in [2.75, 3.05) is 25.0 Å². The first-order valence-electron chi connectivity index (χ1n) is 5.80. The largest absolute Gasteiger partial charge is 0.381 e. The molecule has 0 aliphatic rings. The molecule has 0 amide bonds. The Morgan fingerprint density at radius 3 is 2.13 bits per heavy atom. The summed E-state index contributed by atoms with van der Waals surface area (Å²) in [7, 11) is 0. The van der Waals surface area contributed by atoms with Crippen LogP contribution in [0.3, 0.4) is 0 Å². The third kappa shape index (κ3) is 6.65. The zero-order valence-electron chi connectivity index (χ0n) is 10.2. The maximum atomic E-state index is 6.00. The fraction of sp³-hybridized carbons (Fsp3) is 1.00. The molecule has 0 aliphatic heterocycles. The molecule has 1 nitrogen and oxygen atoms in total. The summed E-state index contributed by atoms with van der Waals surface area (Å²) in [4.78, 5) is 0. The van der Waals surface area contributed by atoms with Gasteiger partial charge in [0.2, 0.25) is 0 Å². The first-order valence-corrected chi connectivity index (χ1v) is 6.87. The van der Waals surface area contributed by atoms with Gasteiger partial charge in [0.15, 0.2) is 0 Å². The van der Waals surface area contributed by atoms with E-state index in [1.165, 1.54) is 0 Å². The first kappa shape index (κ1) is 15.5. The van der Waals surface area contributed by atoms with Crippen LogP contribution < -0.4 is 0 Å². The highest BCUT2D eigenvalue weighted by atomic mass is 35.5. The maximum absolute atomic E-state index is 6.00. The number of alkyl halides is 2. The quantitative estimate of drug-likeness (QED) is 0.440. The third-order valence-electron chi connectivity index (χ3n) is 2.58. The average Bonchev–Trinajstić information content (AvgIpc) is 2.22. The molecule has 3 heteroatoms. The highest BCUT2D eigenvalue weighted by Crippen LogP contribution is 2.31. The van der Waals surface area contributed by atoms with Crippen LogP contribution in [0.1, 0.15) is 40.0 Å². The van der Waals surface area contributed by atoms with Crippen LogP contribution in [0.2, 0.25) is 0 Å². The predicted octanol–water partition coefficient (Wildman–Crippen LogP) is 4.31. The van der Waals surface area contributed by atoms with E-state index >= 15 is 0 Å². The topological polar surface area (TPSA) is 9.23 Å². The summed E-state index contributed by atoms with van der Waals surface area (Å²) in [5.74, 6) is 1.86. The Labute approximate surface area is 104 Å². The van der Waals surface area contributed by atoms with Crippen LogP contribution in [-0.2, 0) is 4.74 Å². The van der Waals surface area contributed by atoms with E-state index in [0.29, 0.717) is 17.7 Å². The molecule has 0 rings (SSSR count). The van der Waals surface area contributed by atoms with Crippen LogP contribution in [0.15, 0.2) is 0 Å². The van der Waals surface area contributed by atoms with Crippen LogP contribution in [0.4, 0.5) is 0 Å². The summed E-state index contributed by atoms with van der Waals surface area (Å²) in [5, 5.41) is 0. The molecule has 0 aromatic rings. The van der Waals surface area contributed by atoms with Gasteiger partial charge in [-0.25, -0.2) is 0 Å². The molecule has 0 unspecified atom stereocenters. The molecule has 0 atom stereocenters. The van der Waals surface area contributed by atoms with Gasteiger partial charge >= 0.3 is 0 Å². The van der Waals surface area contributed by atoms with Crippen LogP contribution in [-0.4, -0.2) is 25.0 Å². The molecule has 92 valence electrons. The summed E-state index contributed by atoms with van der Waals surface area (Å²) in [6, 6.07) is 0. The van der Waals surface area contributed by atoms with Crippen molar-refractivity contribution in [2.24, 2.45) is 11.3 Å². The number of hydrogen-bond acceptors (Lipinski definition) is 1. The Kier molecular flexibility index (Phi) is 8.98. The Morgan fingerprint density at radius 2 is 1.73 bits per heavy atom. The van der Waals surface area contributed by atoms with E-state index in [-0.39, 0.29) is 5.41 Å². The number of halogens is 2. The lowest BCUT2D eigenvalue weighted by atomic mass is 9.84. The minimum Gasteiger partial charge on any atom is -0.381 e. The van der Waals surface area contributed by atoms with Crippen LogP contribution in [0.25, 0.3) is 0 Å². The van der Waals surface area contributed by atoms with E-state index in [0.717, 1.165) is 32.5 Å². The highest BCUT2D eigenvalue weighted by molar-refractivity contribution is 6.21. The zero-order valence-corrected chi connectivity index (χ0v) is 11.7. The molecule has 0 aliphatic carbocycles. The Bertz CT molecular complexity index is 145. The van der Waals surface area contributed by atoms with Gasteiger partial charge in [0, 0.05) is 25.0 Å². The standard InChI is InChI=1S/C12H24Cl2O/c1-4-5-12(9-13,10-14)6-7-15-8-11(2)3/h11H,4-10H2,1-3H3. The van der Waals surface area contributed by atoms with E-state index in [1.54, 1.807) is 0 Å². The molecule has 0 spiro atoms. The summed E-state index contributed by atoms with van der Waals surface area (Å²) in [6.07, 6.45) is 3.19. The Hall–Kier alpha value is 0.540. The third-order valence-corrected chi connectivity index (χ3v) is 3.71. The van der Waals surface area contributed by atoms with Gasteiger partial charge in [-0.15, -0.1) is 23.2 Å². The van der Waals surface area contributed by atoms with E-state index < -0.39 is 0 Å². The fourth-order valence-corrected chi connectivity index (χ4v) is 2.39. The second-order valence-electron chi connectivity index (χ2n) is 4.74. The molecule has 0 heterocycles. The van der Waals surface area contributed by atoms with Gasteiger partial charge in [0.1, 0.15) is 0 Å². The lowest BCUT2D eigenvalue weighted by molar-refractivity contribution is 0.0839. The highest BCUT2D eigenvalue weighted by Gasteiger charge is 2.26. The summed E-state index contributed by atoms with van der Waals surface area (Å²) >= 11 is 12.0. The molecule has 0 aromatic carbocycles. The smallest absolute Gasteiger partial charge is 0.0488 e. The van der Waals surface area contributed by atoms with Crippen molar-refractivity contribution in [3.63, 3.8) is 0 Å². The van der Waals surface area contributed by atoms with Crippen molar-refractivity contribution in [1.29, 1.82) is 0 Å². The van der Waals surface area contributed by atoms with Gasteiger partial charge in [-0.3, -0.25) is 0 Å². The van der Waals surface area contributed by atoms with E-state index in [4.69, 9.17) is 27.9 Å². The van der Waals surface area contributed by atoms with Crippen molar-refractivity contribution in [3.05, 3.63) is 0 Å². The van der Waals surface area contributed by atoms with Crippen molar-refractivity contribution in [2.45, 2.75) is 40.0 Å². The molecule has 0 bridgehead atoms. The second kappa shape index (κ2) is 8.66. The van der Waals surface area contributed by atoms with Crippen molar-refractivity contribution >= 4 is 23.2 Å². The molecular weight excluding hydrogens is 231 g/mol. The van der Waals surface area contributed by atoms with Crippen molar-refractivity contribution < 1.29 is 4.74 Å². The zero-order chi connectivity index (χ0) is 11.7. The number of rotatable bonds is 9. The lowest BCUT2D eigenvalue weighted by Crippen LogP contribution is -2.27. The normalized spacial score (nSPS) is 12.4. The van der Waals surface area contributed by atoms with Gasteiger partial charge in [-0.05, 0) is 24.2 Å². The van der Waals surface area contributed by atoms with Gasteiger partial charge < -0.3 is 4.74 Å². The molecule has 0 fully saturated rings. The van der Waals surface area contributed by atoms with E-state index in [9.17, 15) is 0 Å². The molecular formula is C12H24Cl2O. The monoisotopic (exact) mass is 254 g/mol. The molecule has 0 saturated carbocycles. The van der Waals surface area contributed by atoms with Gasteiger partial charge in [-0.1, -0.05) is 27.2 Å². The summed E-state index contributed by atoms with van der Waals surface area (Å²) in [5.41, 5.74) is 0.0782. The van der Waals surface area contributed by atoms with Crippen LogP contribution in [0, 0.1) is 11.3 Å². The Balaban J connectivity index is 3.84. The van der Waals surface area contributed by atoms with E-state index in [1.807, 2.05) is 0 Å². The fourth-order valence-electron chi connectivity index (χ4n) is 1.57. The van der Waals surface area contributed by atoms with E-state index in [2.05, 4.69) is 20.8 Å². The molecule has 0 N–H and O–H groups in total. The number of ether oxygens (including phenoxy) is 1. The summed E-state index contributed by atoms with van der Waals surface area (Å²) in [6.45, 7) is 8.08. The predicted molar refractivity (Wildman–Crippen MR) is 69.1 cm³/mol. The average molecular weight is 255 g/mol. The van der Waals surface area contributed by atoms with Crippen LogP contribution >= 0.6 is 23.2 Å². The summed E-state index contributed by atoms with van der Waals surface area (Å²) < 4.78 is 5.58. The Morgan fingerprint density at radius 1 is 1.13 bits per heavy atom. The van der Waals surface area contributed by atoms with Gasteiger partial charge in [0.25, 0.3) is 0 Å². The lowest BCUT2D eigenvalue weighted by Gasteiger charge is -2.29. The first-order chi connectivity index (χ1) is 7.10. The van der Waals surface area contributed by atoms with Crippen molar-refractivity contribution in [1.82, 2.24) is 0 Å².